The minimum absolute atomic E-state index is 0.0323. The Morgan fingerprint density at radius 1 is 1.00 bits per heavy atom. The summed E-state index contributed by atoms with van der Waals surface area (Å²) in [6.07, 6.45) is 0. The fourth-order valence-electron chi connectivity index (χ4n) is 2.10. The van der Waals surface area contributed by atoms with Crippen molar-refractivity contribution >= 4 is 53.3 Å². The van der Waals surface area contributed by atoms with E-state index in [-0.39, 0.29) is 10.6 Å². The number of nitrogen functional groups attached to an aromatic ring is 1. The average Bonchev–Trinajstić information content (AvgIpc) is 2.23. The fourth-order valence-corrected chi connectivity index (χ4v) is 5.22. The van der Waals surface area contributed by atoms with E-state index < -0.39 is 10.0 Å². The van der Waals surface area contributed by atoms with Gasteiger partial charge in [-0.3, -0.25) is 4.72 Å². The summed E-state index contributed by atoms with van der Waals surface area (Å²) in [5, 5.41) is 0. The SMILES string of the molecule is Cc1cc(C)cc(NS(=O)(=O)c2c(N)cc(Br)cc2Br)c1. The van der Waals surface area contributed by atoms with Crippen molar-refractivity contribution in [3.63, 3.8) is 0 Å². The molecule has 0 heterocycles. The Labute approximate surface area is 141 Å². The zero-order valence-electron chi connectivity index (χ0n) is 11.4. The fraction of sp³-hybridized carbons (Fsp3) is 0.143. The van der Waals surface area contributed by atoms with Gasteiger partial charge in [-0.15, -0.1) is 0 Å². The molecule has 4 nitrogen and oxygen atoms in total. The van der Waals surface area contributed by atoms with Gasteiger partial charge in [0.05, 0.1) is 5.69 Å². The smallest absolute Gasteiger partial charge is 0.265 e. The van der Waals surface area contributed by atoms with Crippen molar-refractivity contribution in [1.82, 2.24) is 0 Å². The second kappa shape index (κ2) is 5.98. The Bertz CT molecular complexity index is 761. The molecule has 0 aromatic heterocycles. The molecule has 112 valence electrons. The van der Waals surface area contributed by atoms with Crippen LogP contribution in [0.5, 0.6) is 0 Å². The van der Waals surface area contributed by atoms with Crippen LogP contribution >= 0.6 is 31.9 Å². The van der Waals surface area contributed by atoms with Crippen LogP contribution in [-0.4, -0.2) is 8.42 Å². The Balaban J connectivity index is 2.48. The molecular weight excluding hydrogens is 420 g/mol. The van der Waals surface area contributed by atoms with Crippen LogP contribution in [-0.2, 0) is 10.0 Å². The molecule has 0 unspecified atom stereocenters. The van der Waals surface area contributed by atoms with E-state index in [1.54, 1.807) is 24.3 Å². The third kappa shape index (κ3) is 3.78. The lowest BCUT2D eigenvalue weighted by molar-refractivity contribution is 0.601. The molecule has 0 aliphatic heterocycles. The summed E-state index contributed by atoms with van der Waals surface area (Å²) in [7, 11) is -3.77. The van der Waals surface area contributed by atoms with Gasteiger partial charge >= 0.3 is 0 Å². The van der Waals surface area contributed by atoms with Gasteiger partial charge in [0, 0.05) is 14.6 Å². The van der Waals surface area contributed by atoms with Gasteiger partial charge in [-0.25, -0.2) is 8.42 Å². The number of benzene rings is 2. The molecule has 21 heavy (non-hydrogen) atoms. The van der Waals surface area contributed by atoms with Crippen LogP contribution in [0.4, 0.5) is 11.4 Å². The number of rotatable bonds is 3. The molecular formula is C14H14Br2N2O2S. The Hall–Kier alpha value is -1.05. The van der Waals surface area contributed by atoms with Gasteiger partial charge in [-0.2, -0.15) is 0 Å². The monoisotopic (exact) mass is 432 g/mol. The standard InChI is InChI=1S/C14H14Br2N2O2S/c1-8-3-9(2)5-11(4-8)18-21(19,20)14-12(16)6-10(15)7-13(14)17/h3-7,18H,17H2,1-2H3. The molecule has 0 saturated heterocycles. The molecule has 0 fully saturated rings. The zero-order chi connectivity index (χ0) is 15.8. The van der Waals surface area contributed by atoms with Gasteiger partial charge < -0.3 is 5.73 Å². The zero-order valence-corrected chi connectivity index (χ0v) is 15.4. The number of sulfonamides is 1. The van der Waals surface area contributed by atoms with E-state index in [9.17, 15) is 8.42 Å². The highest BCUT2D eigenvalue weighted by Gasteiger charge is 2.22. The van der Waals surface area contributed by atoms with E-state index in [2.05, 4.69) is 36.6 Å². The number of nitrogens with two attached hydrogens (primary N) is 1. The highest BCUT2D eigenvalue weighted by Crippen LogP contribution is 2.33. The summed E-state index contributed by atoms with van der Waals surface area (Å²) in [5.74, 6) is 0. The first-order valence-electron chi connectivity index (χ1n) is 6.04. The summed E-state index contributed by atoms with van der Waals surface area (Å²) in [5.41, 5.74) is 8.50. The van der Waals surface area contributed by atoms with E-state index in [4.69, 9.17) is 5.73 Å². The van der Waals surface area contributed by atoms with Crippen LogP contribution in [0.3, 0.4) is 0 Å². The molecule has 0 amide bonds. The first-order chi connectivity index (χ1) is 9.69. The molecule has 7 heteroatoms. The van der Waals surface area contributed by atoms with E-state index in [1.165, 1.54) is 0 Å². The second-order valence-electron chi connectivity index (χ2n) is 4.79. The lowest BCUT2D eigenvalue weighted by Crippen LogP contribution is -2.15. The molecule has 3 N–H and O–H groups in total. The van der Waals surface area contributed by atoms with E-state index in [0.717, 1.165) is 11.1 Å². The molecule has 0 aliphatic carbocycles. The Morgan fingerprint density at radius 2 is 1.57 bits per heavy atom. The van der Waals surface area contributed by atoms with Crippen LogP contribution in [0.25, 0.3) is 0 Å². The molecule has 0 aliphatic rings. The van der Waals surface area contributed by atoms with Gasteiger partial charge in [0.25, 0.3) is 10.0 Å². The highest BCUT2D eigenvalue weighted by atomic mass is 79.9. The Kier molecular flexibility index (Phi) is 4.65. The van der Waals surface area contributed by atoms with Crippen LogP contribution in [0, 0.1) is 13.8 Å². The van der Waals surface area contributed by atoms with Crippen molar-refractivity contribution in [2.75, 3.05) is 10.5 Å². The average molecular weight is 434 g/mol. The minimum Gasteiger partial charge on any atom is -0.398 e. The molecule has 2 rings (SSSR count). The normalized spacial score (nSPS) is 11.4. The summed E-state index contributed by atoms with van der Waals surface area (Å²) in [6.45, 7) is 3.82. The van der Waals surface area contributed by atoms with Gasteiger partial charge in [0.1, 0.15) is 4.90 Å². The van der Waals surface area contributed by atoms with Crippen molar-refractivity contribution in [2.24, 2.45) is 0 Å². The maximum absolute atomic E-state index is 12.5. The lowest BCUT2D eigenvalue weighted by Gasteiger charge is -2.13. The van der Waals surface area contributed by atoms with E-state index in [0.29, 0.717) is 14.6 Å². The summed E-state index contributed by atoms with van der Waals surface area (Å²) in [6, 6.07) is 8.72. The molecule has 0 radical (unpaired) electrons. The number of hydrogen-bond acceptors (Lipinski definition) is 3. The topological polar surface area (TPSA) is 72.2 Å². The number of aryl methyl sites for hydroxylation is 2. The summed E-state index contributed by atoms with van der Waals surface area (Å²) >= 11 is 6.52. The summed E-state index contributed by atoms with van der Waals surface area (Å²) < 4.78 is 28.8. The van der Waals surface area contributed by atoms with Crippen molar-refractivity contribution in [3.8, 4) is 0 Å². The third-order valence-electron chi connectivity index (χ3n) is 2.78. The van der Waals surface area contributed by atoms with Gasteiger partial charge in [0.15, 0.2) is 0 Å². The minimum atomic E-state index is -3.77. The molecule has 0 spiro atoms. The number of halogens is 2. The maximum atomic E-state index is 12.5. The largest absolute Gasteiger partial charge is 0.398 e. The first kappa shape index (κ1) is 16.3. The quantitative estimate of drug-likeness (QED) is 0.712. The molecule has 2 aromatic rings. The predicted octanol–water partition coefficient (Wildman–Crippen LogP) is 4.21. The van der Waals surface area contributed by atoms with Crippen molar-refractivity contribution in [3.05, 3.63) is 50.4 Å². The first-order valence-corrected chi connectivity index (χ1v) is 9.11. The number of nitrogens with one attached hydrogen (secondary N) is 1. The Morgan fingerprint density at radius 3 is 2.10 bits per heavy atom. The van der Waals surface area contributed by atoms with Crippen LogP contribution in [0.1, 0.15) is 11.1 Å². The van der Waals surface area contributed by atoms with Crippen molar-refractivity contribution < 1.29 is 8.42 Å². The van der Waals surface area contributed by atoms with Crippen LogP contribution < -0.4 is 10.5 Å². The van der Waals surface area contributed by atoms with Crippen LogP contribution in [0.2, 0.25) is 0 Å². The van der Waals surface area contributed by atoms with Gasteiger partial charge in [-0.1, -0.05) is 22.0 Å². The second-order valence-corrected chi connectivity index (χ2v) is 8.18. The highest BCUT2D eigenvalue weighted by molar-refractivity contribution is 9.11. The van der Waals surface area contributed by atoms with Gasteiger partial charge in [-0.05, 0) is 65.2 Å². The maximum Gasteiger partial charge on any atom is 0.265 e. The third-order valence-corrected chi connectivity index (χ3v) is 5.62. The number of hydrogen-bond donors (Lipinski definition) is 2. The van der Waals surface area contributed by atoms with Crippen molar-refractivity contribution in [2.45, 2.75) is 18.7 Å². The van der Waals surface area contributed by atoms with E-state index >= 15 is 0 Å². The van der Waals surface area contributed by atoms with E-state index in [1.807, 2.05) is 19.9 Å². The lowest BCUT2D eigenvalue weighted by atomic mass is 10.1. The molecule has 0 atom stereocenters. The summed E-state index contributed by atoms with van der Waals surface area (Å²) in [4.78, 5) is 0.0323. The predicted molar refractivity (Wildman–Crippen MR) is 93.0 cm³/mol. The number of anilines is 2. The molecule has 0 saturated carbocycles. The molecule has 0 bridgehead atoms. The van der Waals surface area contributed by atoms with Crippen LogP contribution in [0.15, 0.2) is 44.2 Å². The van der Waals surface area contributed by atoms with Gasteiger partial charge in [0.2, 0.25) is 0 Å². The van der Waals surface area contributed by atoms with Crippen molar-refractivity contribution in [1.29, 1.82) is 0 Å². The molecule has 2 aromatic carbocycles.